The predicted molar refractivity (Wildman–Crippen MR) is 56.5 cm³/mol. The van der Waals surface area contributed by atoms with Crippen LogP contribution in [0.3, 0.4) is 0 Å². The number of benzene rings is 1. The lowest BCUT2D eigenvalue weighted by molar-refractivity contribution is 0.144. The molecular weight excluding hydrogens is 160 g/mol. The summed E-state index contributed by atoms with van der Waals surface area (Å²) in [6.07, 6.45) is 0. The van der Waals surface area contributed by atoms with E-state index >= 15 is 0 Å². The Labute approximate surface area is 79.7 Å². The van der Waals surface area contributed by atoms with Crippen molar-refractivity contribution in [1.29, 1.82) is 0 Å². The molecular formula is C12H16O. The number of aliphatic hydroxyl groups is 1. The van der Waals surface area contributed by atoms with Crippen LogP contribution in [0.5, 0.6) is 0 Å². The summed E-state index contributed by atoms with van der Waals surface area (Å²) in [6.45, 7) is 9.40. The lowest BCUT2D eigenvalue weighted by atomic mass is 9.92. The minimum atomic E-state index is -0.838. The van der Waals surface area contributed by atoms with Gasteiger partial charge in [-0.25, -0.2) is 0 Å². The maximum absolute atomic E-state index is 9.71. The Morgan fingerprint density at radius 1 is 1.23 bits per heavy atom. The standard InChI is InChI=1S/C12H16O/c1-9-5-7-11(8-6-9)10(2)12(3,4)13/h5-8,13H,2H2,1,3-4H3. The molecule has 0 bridgehead atoms. The van der Waals surface area contributed by atoms with Crippen LogP contribution in [-0.2, 0) is 0 Å². The van der Waals surface area contributed by atoms with E-state index in [1.54, 1.807) is 13.8 Å². The Morgan fingerprint density at radius 2 is 1.69 bits per heavy atom. The number of hydrogen-bond acceptors (Lipinski definition) is 1. The molecule has 1 heteroatoms. The fourth-order valence-corrected chi connectivity index (χ4v) is 1.11. The molecule has 13 heavy (non-hydrogen) atoms. The third kappa shape index (κ3) is 2.43. The molecule has 0 spiro atoms. The summed E-state index contributed by atoms with van der Waals surface area (Å²) in [7, 11) is 0. The van der Waals surface area contributed by atoms with Crippen molar-refractivity contribution in [3.63, 3.8) is 0 Å². The van der Waals surface area contributed by atoms with Gasteiger partial charge in [-0.15, -0.1) is 0 Å². The highest BCUT2D eigenvalue weighted by Gasteiger charge is 2.18. The van der Waals surface area contributed by atoms with Gasteiger partial charge in [0.05, 0.1) is 5.60 Å². The van der Waals surface area contributed by atoms with Gasteiger partial charge in [0.15, 0.2) is 0 Å². The van der Waals surface area contributed by atoms with E-state index in [0.717, 1.165) is 11.1 Å². The third-order valence-electron chi connectivity index (χ3n) is 2.14. The van der Waals surface area contributed by atoms with Crippen molar-refractivity contribution in [3.8, 4) is 0 Å². The van der Waals surface area contributed by atoms with Crippen molar-refractivity contribution in [2.24, 2.45) is 0 Å². The molecule has 1 rings (SSSR count). The van der Waals surface area contributed by atoms with Crippen LogP contribution in [0.2, 0.25) is 0 Å². The molecule has 0 fully saturated rings. The molecule has 0 aliphatic heterocycles. The summed E-state index contributed by atoms with van der Waals surface area (Å²) in [5, 5.41) is 9.71. The van der Waals surface area contributed by atoms with Crippen molar-refractivity contribution >= 4 is 5.57 Å². The van der Waals surface area contributed by atoms with Gasteiger partial charge < -0.3 is 5.11 Å². The molecule has 0 radical (unpaired) electrons. The predicted octanol–water partition coefficient (Wildman–Crippen LogP) is 2.78. The van der Waals surface area contributed by atoms with Crippen LogP contribution in [0.25, 0.3) is 5.57 Å². The number of hydrogen-bond donors (Lipinski definition) is 1. The maximum Gasteiger partial charge on any atom is 0.0840 e. The number of rotatable bonds is 2. The van der Waals surface area contributed by atoms with Gasteiger partial charge in [-0.2, -0.15) is 0 Å². The first-order valence-electron chi connectivity index (χ1n) is 4.40. The fraction of sp³-hybridized carbons (Fsp3) is 0.333. The third-order valence-corrected chi connectivity index (χ3v) is 2.14. The second kappa shape index (κ2) is 3.35. The zero-order valence-corrected chi connectivity index (χ0v) is 8.46. The molecule has 1 nitrogen and oxygen atoms in total. The smallest absolute Gasteiger partial charge is 0.0840 e. The quantitative estimate of drug-likeness (QED) is 0.734. The first-order valence-corrected chi connectivity index (χ1v) is 4.40. The van der Waals surface area contributed by atoms with Crippen LogP contribution < -0.4 is 0 Å². The molecule has 0 atom stereocenters. The molecule has 0 aliphatic carbocycles. The Hall–Kier alpha value is -1.08. The first kappa shape index (κ1) is 10.0. The van der Waals surface area contributed by atoms with Crippen molar-refractivity contribution in [3.05, 3.63) is 42.0 Å². The summed E-state index contributed by atoms with van der Waals surface area (Å²) < 4.78 is 0. The van der Waals surface area contributed by atoms with Crippen LogP contribution in [0, 0.1) is 6.92 Å². The summed E-state index contributed by atoms with van der Waals surface area (Å²) in [6, 6.07) is 8.00. The van der Waals surface area contributed by atoms with Crippen molar-refractivity contribution in [2.75, 3.05) is 0 Å². The van der Waals surface area contributed by atoms with Crippen LogP contribution in [0.1, 0.15) is 25.0 Å². The van der Waals surface area contributed by atoms with E-state index in [1.165, 1.54) is 5.56 Å². The second-order valence-electron chi connectivity index (χ2n) is 3.90. The molecule has 1 aromatic rings. The second-order valence-corrected chi connectivity index (χ2v) is 3.90. The first-order chi connectivity index (χ1) is 5.91. The molecule has 0 aromatic heterocycles. The highest BCUT2D eigenvalue weighted by atomic mass is 16.3. The zero-order chi connectivity index (χ0) is 10.1. The van der Waals surface area contributed by atoms with E-state index in [0.29, 0.717) is 0 Å². The van der Waals surface area contributed by atoms with E-state index in [-0.39, 0.29) is 0 Å². The highest BCUT2D eigenvalue weighted by Crippen LogP contribution is 2.24. The average Bonchev–Trinajstić information content (AvgIpc) is 2.03. The molecule has 1 aromatic carbocycles. The highest BCUT2D eigenvalue weighted by molar-refractivity contribution is 5.69. The molecule has 0 aliphatic rings. The molecule has 0 heterocycles. The van der Waals surface area contributed by atoms with Gasteiger partial charge in [-0.1, -0.05) is 36.4 Å². The number of aryl methyl sites for hydroxylation is 1. The molecule has 70 valence electrons. The van der Waals surface area contributed by atoms with Crippen molar-refractivity contribution in [1.82, 2.24) is 0 Å². The van der Waals surface area contributed by atoms with Crippen molar-refractivity contribution < 1.29 is 5.11 Å². The van der Waals surface area contributed by atoms with E-state index in [9.17, 15) is 5.11 Å². The topological polar surface area (TPSA) is 20.2 Å². The maximum atomic E-state index is 9.71. The van der Waals surface area contributed by atoms with E-state index in [4.69, 9.17) is 0 Å². The normalized spacial score (nSPS) is 11.4. The minimum Gasteiger partial charge on any atom is -0.386 e. The summed E-state index contributed by atoms with van der Waals surface area (Å²) >= 11 is 0. The van der Waals surface area contributed by atoms with E-state index in [1.807, 2.05) is 31.2 Å². The van der Waals surface area contributed by atoms with Crippen LogP contribution in [0.4, 0.5) is 0 Å². The van der Waals surface area contributed by atoms with Crippen LogP contribution in [0.15, 0.2) is 30.8 Å². The summed E-state index contributed by atoms with van der Waals surface area (Å²) in [4.78, 5) is 0. The van der Waals surface area contributed by atoms with Crippen LogP contribution >= 0.6 is 0 Å². The fourth-order valence-electron chi connectivity index (χ4n) is 1.11. The monoisotopic (exact) mass is 176 g/mol. The van der Waals surface area contributed by atoms with Gasteiger partial charge in [-0.3, -0.25) is 0 Å². The van der Waals surface area contributed by atoms with Gasteiger partial charge >= 0.3 is 0 Å². The lowest BCUT2D eigenvalue weighted by Crippen LogP contribution is -2.19. The van der Waals surface area contributed by atoms with E-state index in [2.05, 4.69) is 6.58 Å². The molecule has 1 N–H and O–H groups in total. The van der Waals surface area contributed by atoms with Gasteiger partial charge in [-0.05, 0) is 31.9 Å². The molecule has 0 saturated heterocycles. The largest absolute Gasteiger partial charge is 0.386 e. The lowest BCUT2D eigenvalue weighted by Gasteiger charge is -2.20. The van der Waals surface area contributed by atoms with Crippen molar-refractivity contribution in [2.45, 2.75) is 26.4 Å². The minimum absolute atomic E-state index is 0.757. The Kier molecular flexibility index (Phi) is 2.58. The molecule has 0 unspecified atom stereocenters. The SMILES string of the molecule is C=C(c1ccc(C)cc1)C(C)(C)O. The van der Waals surface area contributed by atoms with Gasteiger partial charge in [0.25, 0.3) is 0 Å². The Morgan fingerprint density at radius 3 is 2.08 bits per heavy atom. The molecule has 0 saturated carbocycles. The van der Waals surface area contributed by atoms with E-state index < -0.39 is 5.60 Å². The molecule has 0 amide bonds. The zero-order valence-electron chi connectivity index (χ0n) is 8.46. The van der Waals surface area contributed by atoms with Crippen LogP contribution in [-0.4, -0.2) is 10.7 Å². The van der Waals surface area contributed by atoms with Gasteiger partial charge in [0.2, 0.25) is 0 Å². The summed E-state index contributed by atoms with van der Waals surface area (Å²) in [5.74, 6) is 0. The average molecular weight is 176 g/mol. The van der Waals surface area contributed by atoms with Gasteiger partial charge in [0.1, 0.15) is 0 Å². The van der Waals surface area contributed by atoms with Gasteiger partial charge in [0, 0.05) is 0 Å². The summed E-state index contributed by atoms with van der Waals surface area (Å²) in [5.41, 5.74) is 2.13. The Bertz CT molecular complexity index is 301. The Balaban J connectivity index is 2.97.